The molecule has 1 aliphatic rings. The predicted molar refractivity (Wildman–Crippen MR) is 53.3 cm³/mol. The van der Waals surface area contributed by atoms with Gasteiger partial charge in [0.25, 0.3) is 5.91 Å². The second-order valence-corrected chi connectivity index (χ2v) is 3.77. The van der Waals surface area contributed by atoms with Gasteiger partial charge in [0.05, 0.1) is 18.6 Å². The smallest absolute Gasteiger partial charge is 0.260 e. The normalized spacial score (nSPS) is 18.7. The molecule has 1 aliphatic carbocycles. The molecule has 0 bridgehead atoms. The lowest BCUT2D eigenvalue weighted by atomic mass is 10.2. The Morgan fingerprint density at radius 1 is 1.40 bits per heavy atom. The van der Waals surface area contributed by atoms with Crippen molar-refractivity contribution < 1.29 is 14.4 Å². The Bertz CT molecular complexity index is 239. The first-order valence-electron chi connectivity index (χ1n) is 5.09. The first-order chi connectivity index (χ1) is 7.09. The lowest BCUT2D eigenvalue weighted by molar-refractivity contribution is -0.140. The maximum Gasteiger partial charge on any atom is 0.260 e. The van der Waals surface area contributed by atoms with Gasteiger partial charge in [-0.3, -0.25) is 14.4 Å². The number of nitrogens with one attached hydrogen (secondary N) is 1. The Morgan fingerprint density at radius 3 is 2.53 bits per heavy atom. The van der Waals surface area contributed by atoms with E-state index in [1.807, 2.05) is 0 Å². The Labute approximate surface area is 88.3 Å². The molecule has 0 radical (unpaired) electrons. The molecular formula is C9H17N3O3. The summed E-state index contributed by atoms with van der Waals surface area (Å²) in [7, 11) is 0. The van der Waals surface area contributed by atoms with Crippen LogP contribution in [0.3, 0.4) is 0 Å². The van der Waals surface area contributed by atoms with Crippen molar-refractivity contribution in [3.8, 4) is 0 Å². The molecule has 15 heavy (non-hydrogen) atoms. The first kappa shape index (κ1) is 11.9. The van der Waals surface area contributed by atoms with Gasteiger partial charge in [0, 0.05) is 0 Å². The highest BCUT2D eigenvalue weighted by Gasteiger charge is 2.20. The monoisotopic (exact) mass is 215 g/mol. The zero-order valence-corrected chi connectivity index (χ0v) is 8.57. The van der Waals surface area contributed by atoms with Crippen molar-refractivity contribution >= 4 is 11.8 Å². The average molecular weight is 215 g/mol. The molecule has 86 valence electrons. The summed E-state index contributed by atoms with van der Waals surface area (Å²) >= 11 is 0. The van der Waals surface area contributed by atoms with Crippen LogP contribution in [0, 0.1) is 0 Å². The predicted octanol–water partition coefficient (Wildman–Crippen LogP) is -0.821. The maximum atomic E-state index is 11.3. The minimum Gasteiger partial charge on any atom is -0.370 e. The van der Waals surface area contributed by atoms with Crippen LogP contribution in [0.4, 0.5) is 0 Å². The van der Waals surface area contributed by atoms with E-state index in [0.717, 1.165) is 25.7 Å². The highest BCUT2D eigenvalue weighted by molar-refractivity contribution is 5.86. The molecule has 0 aromatic carbocycles. The fourth-order valence-electron chi connectivity index (χ4n) is 1.53. The van der Waals surface area contributed by atoms with Crippen LogP contribution < -0.4 is 16.9 Å². The van der Waals surface area contributed by atoms with Gasteiger partial charge in [-0.15, -0.1) is 0 Å². The van der Waals surface area contributed by atoms with Crippen LogP contribution in [0.15, 0.2) is 0 Å². The number of hydrogen-bond donors (Lipinski definition) is 3. The number of amides is 2. The van der Waals surface area contributed by atoms with Gasteiger partial charge < -0.3 is 11.5 Å². The second kappa shape index (κ2) is 5.67. The van der Waals surface area contributed by atoms with Crippen molar-refractivity contribution in [2.75, 3.05) is 0 Å². The van der Waals surface area contributed by atoms with E-state index in [1.54, 1.807) is 0 Å². The van der Waals surface area contributed by atoms with Crippen molar-refractivity contribution in [3.63, 3.8) is 0 Å². The minimum atomic E-state index is -0.927. The molecule has 0 heterocycles. The van der Waals surface area contributed by atoms with E-state index in [1.165, 1.54) is 0 Å². The van der Waals surface area contributed by atoms with E-state index in [-0.39, 0.29) is 12.5 Å². The molecule has 1 atom stereocenters. The molecule has 2 amide bonds. The molecule has 6 heteroatoms. The zero-order chi connectivity index (χ0) is 11.3. The third kappa shape index (κ3) is 4.26. The summed E-state index contributed by atoms with van der Waals surface area (Å²) in [6, 6.07) is -0.927. The van der Waals surface area contributed by atoms with E-state index < -0.39 is 17.9 Å². The molecule has 5 N–H and O–H groups in total. The topological polar surface area (TPSA) is 107 Å². The van der Waals surface area contributed by atoms with Gasteiger partial charge in [0.15, 0.2) is 0 Å². The molecular weight excluding hydrogens is 198 g/mol. The largest absolute Gasteiger partial charge is 0.370 e. The van der Waals surface area contributed by atoms with Crippen LogP contribution in [0.5, 0.6) is 0 Å². The number of carbonyl (C=O) groups is 2. The summed E-state index contributed by atoms with van der Waals surface area (Å²) in [4.78, 5) is 26.9. The Balaban J connectivity index is 2.19. The SMILES string of the molecule is NC(=O)CC(N)C(=O)NOC1CCCC1. The zero-order valence-electron chi connectivity index (χ0n) is 8.57. The molecule has 0 aliphatic heterocycles. The first-order valence-corrected chi connectivity index (χ1v) is 5.09. The van der Waals surface area contributed by atoms with Crippen molar-refractivity contribution in [2.24, 2.45) is 11.5 Å². The van der Waals surface area contributed by atoms with Crippen LogP contribution in [0.25, 0.3) is 0 Å². The van der Waals surface area contributed by atoms with E-state index in [2.05, 4.69) is 5.48 Å². The van der Waals surface area contributed by atoms with E-state index in [4.69, 9.17) is 16.3 Å². The van der Waals surface area contributed by atoms with Crippen LogP contribution in [0.2, 0.25) is 0 Å². The van der Waals surface area contributed by atoms with Crippen LogP contribution >= 0.6 is 0 Å². The van der Waals surface area contributed by atoms with Crippen molar-refractivity contribution in [1.82, 2.24) is 5.48 Å². The summed E-state index contributed by atoms with van der Waals surface area (Å²) < 4.78 is 0. The van der Waals surface area contributed by atoms with Crippen molar-refractivity contribution in [1.29, 1.82) is 0 Å². The van der Waals surface area contributed by atoms with E-state index in [0.29, 0.717) is 0 Å². The molecule has 0 aromatic rings. The van der Waals surface area contributed by atoms with Crippen LogP contribution in [0.1, 0.15) is 32.1 Å². The molecule has 6 nitrogen and oxygen atoms in total. The Hall–Kier alpha value is -1.14. The lowest BCUT2D eigenvalue weighted by Crippen LogP contribution is -2.43. The van der Waals surface area contributed by atoms with Gasteiger partial charge in [-0.2, -0.15) is 0 Å². The van der Waals surface area contributed by atoms with Gasteiger partial charge in [0.2, 0.25) is 5.91 Å². The van der Waals surface area contributed by atoms with Gasteiger partial charge in [-0.05, 0) is 12.8 Å². The van der Waals surface area contributed by atoms with E-state index in [9.17, 15) is 9.59 Å². The quantitative estimate of drug-likeness (QED) is 0.521. The van der Waals surface area contributed by atoms with Crippen LogP contribution in [-0.4, -0.2) is 24.0 Å². The van der Waals surface area contributed by atoms with Crippen LogP contribution in [-0.2, 0) is 14.4 Å². The van der Waals surface area contributed by atoms with Gasteiger partial charge in [0.1, 0.15) is 0 Å². The van der Waals surface area contributed by atoms with Crippen molar-refractivity contribution in [3.05, 3.63) is 0 Å². The van der Waals surface area contributed by atoms with Gasteiger partial charge in [-0.25, -0.2) is 5.48 Å². The third-order valence-electron chi connectivity index (χ3n) is 2.39. The highest BCUT2D eigenvalue weighted by atomic mass is 16.7. The van der Waals surface area contributed by atoms with Gasteiger partial charge >= 0.3 is 0 Å². The Morgan fingerprint density at radius 2 is 2.00 bits per heavy atom. The van der Waals surface area contributed by atoms with E-state index >= 15 is 0 Å². The average Bonchev–Trinajstić information content (AvgIpc) is 2.65. The summed E-state index contributed by atoms with van der Waals surface area (Å²) in [5, 5.41) is 0. The standard InChI is InChI=1S/C9H17N3O3/c10-7(5-8(11)13)9(14)12-15-6-3-1-2-4-6/h6-7H,1-5,10H2,(H2,11,13)(H,12,14). The molecule has 1 saturated carbocycles. The number of carbonyl (C=O) groups excluding carboxylic acids is 2. The third-order valence-corrected chi connectivity index (χ3v) is 2.39. The fraction of sp³-hybridized carbons (Fsp3) is 0.778. The second-order valence-electron chi connectivity index (χ2n) is 3.77. The van der Waals surface area contributed by atoms with Crippen molar-refractivity contribution in [2.45, 2.75) is 44.2 Å². The van der Waals surface area contributed by atoms with Gasteiger partial charge in [-0.1, -0.05) is 12.8 Å². The lowest BCUT2D eigenvalue weighted by Gasteiger charge is -2.14. The number of nitrogens with two attached hydrogens (primary N) is 2. The summed E-state index contributed by atoms with van der Waals surface area (Å²) in [6.45, 7) is 0. The number of rotatable bonds is 5. The molecule has 1 unspecified atom stereocenters. The molecule has 0 spiro atoms. The molecule has 1 rings (SSSR count). The minimum absolute atomic E-state index is 0.0785. The fourth-order valence-corrected chi connectivity index (χ4v) is 1.53. The number of primary amides is 1. The molecule has 0 saturated heterocycles. The highest BCUT2D eigenvalue weighted by Crippen LogP contribution is 2.19. The Kier molecular flexibility index (Phi) is 4.51. The molecule has 1 fully saturated rings. The number of hydrogen-bond acceptors (Lipinski definition) is 4. The summed E-state index contributed by atoms with van der Waals surface area (Å²) in [5.41, 5.74) is 12.6. The molecule has 0 aromatic heterocycles. The summed E-state index contributed by atoms with van der Waals surface area (Å²) in [5.74, 6) is -1.10. The maximum absolute atomic E-state index is 11.3. The number of hydroxylamine groups is 1. The summed E-state index contributed by atoms with van der Waals surface area (Å²) in [6.07, 6.45) is 4.05.